The van der Waals surface area contributed by atoms with Gasteiger partial charge in [-0.2, -0.15) is 0 Å². The zero-order valence-corrected chi connectivity index (χ0v) is 14.1. The van der Waals surface area contributed by atoms with Gasteiger partial charge in [0, 0.05) is 37.1 Å². The van der Waals surface area contributed by atoms with Gasteiger partial charge in [0.25, 0.3) is 0 Å². The molecule has 0 radical (unpaired) electrons. The van der Waals surface area contributed by atoms with Crippen molar-refractivity contribution in [3.05, 3.63) is 84.3 Å². The molecule has 0 unspecified atom stereocenters. The van der Waals surface area contributed by atoms with Crippen molar-refractivity contribution in [1.29, 1.82) is 0 Å². The molecule has 0 fully saturated rings. The van der Waals surface area contributed by atoms with E-state index in [1.54, 1.807) is 18.6 Å². The van der Waals surface area contributed by atoms with Gasteiger partial charge in [0.15, 0.2) is 0 Å². The molecule has 3 aromatic rings. The molecule has 0 aliphatic heterocycles. The van der Waals surface area contributed by atoms with E-state index < -0.39 is 0 Å². The lowest BCUT2D eigenvalue weighted by atomic mass is 10.1. The highest BCUT2D eigenvalue weighted by atomic mass is 16.1. The highest BCUT2D eigenvalue weighted by Gasteiger charge is 2.08. The number of aryl methyl sites for hydroxylation is 1. The number of hydrogen-bond donors (Lipinski definition) is 1. The van der Waals surface area contributed by atoms with Crippen molar-refractivity contribution < 1.29 is 4.79 Å². The molecule has 0 bridgehead atoms. The summed E-state index contributed by atoms with van der Waals surface area (Å²) in [4.78, 5) is 20.6. The molecule has 0 atom stereocenters. The third-order valence-electron chi connectivity index (χ3n) is 4.03. The second-order valence-corrected chi connectivity index (χ2v) is 5.86. The van der Waals surface area contributed by atoms with Crippen molar-refractivity contribution in [2.24, 2.45) is 0 Å². The number of nitrogens with zero attached hydrogens (tertiary/aromatic N) is 2. The van der Waals surface area contributed by atoms with E-state index in [1.165, 1.54) is 5.56 Å². The predicted octanol–water partition coefficient (Wildman–Crippen LogP) is 3.78. The minimum atomic E-state index is 0.0699. The number of nitrogens with one attached hydrogen (secondary N) is 1. The summed E-state index contributed by atoms with van der Waals surface area (Å²) in [6.45, 7) is 0.482. The standard InChI is InChI=1S/C21H21N3O/c25-20(10-4-8-17-6-2-1-3-7-17)24-16-19-9-5-13-23-21(19)18-11-14-22-15-12-18/h1-3,5-7,9,11-15H,4,8,10,16H2,(H,24,25). The summed E-state index contributed by atoms with van der Waals surface area (Å²) in [5, 5.41) is 3.00. The van der Waals surface area contributed by atoms with Crippen molar-refractivity contribution in [2.75, 3.05) is 0 Å². The fraction of sp³-hybridized carbons (Fsp3) is 0.190. The second-order valence-electron chi connectivity index (χ2n) is 5.86. The van der Waals surface area contributed by atoms with Crippen molar-refractivity contribution in [3.63, 3.8) is 0 Å². The van der Waals surface area contributed by atoms with Crippen LogP contribution in [0.5, 0.6) is 0 Å². The Labute approximate surface area is 148 Å². The molecule has 2 aromatic heterocycles. The van der Waals surface area contributed by atoms with E-state index in [2.05, 4.69) is 27.4 Å². The van der Waals surface area contributed by atoms with Crippen LogP contribution in [0, 0.1) is 0 Å². The van der Waals surface area contributed by atoms with Gasteiger partial charge in [-0.05, 0) is 42.2 Å². The Bertz CT molecular complexity index is 804. The van der Waals surface area contributed by atoms with E-state index in [9.17, 15) is 4.79 Å². The molecule has 1 N–H and O–H groups in total. The molecule has 1 aromatic carbocycles. The Morgan fingerprint density at radius 1 is 0.920 bits per heavy atom. The molecule has 0 saturated heterocycles. The van der Waals surface area contributed by atoms with Crippen LogP contribution in [0.3, 0.4) is 0 Å². The Balaban J connectivity index is 1.52. The number of aromatic nitrogens is 2. The maximum atomic E-state index is 12.1. The van der Waals surface area contributed by atoms with Crippen molar-refractivity contribution >= 4 is 5.91 Å². The van der Waals surface area contributed by atoms with Gasteiger partial charge in [-0.15, -0.1) is 0 Å². The van der Waals surface area contributed by atoms with Gasteiger partial charge >= 0.3 is 0 Å². The summed E-state index contributed by atoms with van der Waals surface area (Å²) in [7, 11) is 0. The average molecular weight is 331 g/mol. The summed E-state index contributed by atoms with van der Waals surface area (Å²) in [5.41, 5.74) is 4.16. The van der Waals surface area contributed by atoms with Gasteiger partial charge in [-0.3, -0.25) is 14.8 Å². The maximum absolute atomic E-state index is 12.1. The van der Waals surface area contributed by atoms with Gasteiger partial charge in [-0.1, -0.05) is 36.4 Å². The molecule has 0 saturated carbocycles. The second kappa shape index (κ2) is 8.73. The monoisotopic (exact) mass is 331 g/mol. The Morgan fingerprint density at radius 3 is 2.52 bits per heavy atom. The smallest absolute Gasteiger partial charge is 0.220 e. The lowest BCUT2D eigenvalue weighted by Gasteiger charge is -2.10. The van der Waals surface area contributed by atoms with Crippen LogP contribution in [0.15, 0.2) is 73.2 Å². The number of carbonyl (C=O) groups is 1. The van der Waals surface area contributed by atoms with E-state index >= 15 is 0 Å². The minimum Gasteiger partial charge on any atom is -0.352 e. The van der Waals surface area contributed by atoms with Crippen molar-refractivity contribution in [2.45, 2.75) is 25.8 Å². The van der Waals surface area contributed by atoms with Gasteiger partial charge in [0.2, 0.25) is 5.91 Å². The molecular formula is C21H21N3O. The van der Waals surface area contributed by atoms with Crippen LogP contribution >= 0.6 is 0 Å². The fourth-order valence-electron chi connectivity index (χ4n) is 2.73. The molecule has 0 aliphatic rings. The summed E-state index contributed by atoms with van der Waals surface area (Å²) < 4.78 is 0. The Morgan fingerprint density at radius 2 is 1.72 bits per heavy atom. The first kappa shape index (κ1) is 16.8. The van der Waals surface area contributed by atoms with Gasteiger partial charge in [0.05, 0.1) is 5.69 Å². The zero-order valence-electron chi connectivity index (χ0n) is 14.1. The summed E-state index contributed by atoms with van der Waals surface area (Å²) in [6.07, 6.45) is 7.55. The van der Waals surface area contributed by atoms with Crippen LogP contribution in [0.4, 0.5) is 0 Å². The summed E-state index contributed by atoms with van der Waals surface area (Å²) in [6, 6.07) is 18.0. The lowest BCUT2D eigenvalue weighted by Crippen LogP contribution is -2.23. The molecule has 4 heteroatoms. The molecule has 0 spiro atoms. The molecule has 25 heavy (non-hydrogen) atoms. The minimum absolute atomic E-state index is 0.0699. The predicted molar refractivity (Wildman–Crippen MR) is 98.7 cm³/mol. The van der Waals surface area contributed by atoms with Gasteiger partial charge < -0.3 is 5.32 Å². The third kappa shape index (κ3) is 4.98. The fourth-order valence-corrected chi connectivity index (χ4v) is 2.73. The summed E-state index contributed by atoms with van der Waals surface area (Å²) >= 11 is 0. The van der Waals surface area contributed by atoms with Crippen LogP contribution in [-0.4, -0.2) is 15.9 Å². The van der Waals surface area contributed by atoms with E-state index in [0.29, 0.717) is 13.0 Å². The lowest BCUT2D eigenvalue weighted by molar-refractivity contribution is -0.121. The Kier molecular flexibility index (Phi) is 5.88. The number of benzene rings is 1. The molecule has 126 valence electrons. The highest BCUT2D eigenvalue weighted by Crippen LogP contribution is 2.20. The van der Waals surface area contributed by atoms with E-state index in [0.717, 1.165) is 29.7 Å². The normalized spacial score (nSPS) is 10.4. The van der Waals surface area contributed by atoms with Crippen molar-refractivity contribution in [1.82, 2.24) is 15.3 Å². The number of amides is 1. The average Bonchev–Trinajstić information content (AvgIpc) is 2.68. The largest absolute Gasteiger partial charge is 0.352 e. The first-order valence-electron chi connectivity index (χ1n) is 8.48. The number of pyridine rings is 2. The number of rotatable bonds is 7. The molecule has 0 aliphatic carbocycles. The number of hydrogen-bond acceptors (Lipinski definition) is 3. The Hall–Kier alpha value is -3.01. The molecule has 3 rings (SSSR count). The topological polar surface area (TPSA) is 54.9 Å². The van der Waals surface area contributed by atoms with Crippen LogP contribution in [-0.2, 0) is 17.8 Å². The van der Waals surface area contributed by atoms with Crippen LogP contribution in [0.25, 0.3) is 11.3 Å². The quantitative estimate of drug-likeness (QED) is 0.717. The zero-order chi connectivity index (χ0) is 17.3. The van der Waals surface area contributed by atoms with E-state index in [1.807, 2.05) is 42.5 Å². The van der Waals surface area contributed by atoms with Crippen LogP contribution in [0.1, 0.15) is 24.0 Å². The first-order valence-corrected chi connectivity index (χ1v) is 8.48. The molecule has 4 nitrogen and oxygen atoms in total. The highest BCUT2D eigenvalue weighted by molar-refractivity contribution is 5.76. The van der Waals surface area contributed by atoms with Crippen molar-refractivity contribution in [3.8, 4) is 11.3 Å². The van der Waals surface area contributed by atoms with Gasteiger partial charge in [-0.25, -0.2) is 0 Å². The maximum Gasteiger partial charge on any atom is 0.220 e. The third-order valence-corrected chi connectivity index (χ3v) is 4.03. The molecule has 1 amide bonds. The number of carbonyl (C=O) groups excluding carboxylic acids is 1. The SMILES string of the molecule is O=C(CCCc1ccccc1)NCc1cccnc1-c1ccncc1. The summed E-state index contributed by atoms with van der Waals surface area (Å²) in [5.74, 6) is 0.0699. The molecule has 2 heterocycles. The molecular weight excluding hydrogens is 310 g/mol. The van der Waals surface area contributed by atoms with Crippen LogP contribution < -0.4 is 5.32 Å². The van der Waals surface area contributed by atoms with Gasteiger partial charge in [0.1, 0.15) is 0 Å². The van der Waals surface area contributed by atoms with E-state index in [4.69, 9.17) is 0 Å². The first-order chi connectivity index (χ1) is 12.3. The van der Waals surface area contributed by atoms with E-state index in [-0.39, 0.29) is 5.91 Å². The van der Waals surface area contributed by atoms with Crippen LogP contribution in [0.2, 0.25) is 0 Å².